The lowest BCUT2D eigenvalue weighted by Gasteiger charge is -2.24. The lowest BCUT2D eigenvalue weighted by atomic mass is 10.1. The number of halogens is 2. The average molecular weight is 534 g/mol. The summed E-state index contributed by atoms with van der Waals surface area (Å²) >= 11 is 4.86. The second kappa shape index (κ2) is 8.91. The van der Waals surface area contributed by atoms with Crippen molar-refractivity contribution < 1.29 is 65.8 Å². The van der Waals surface area contributed by atoms with Crippen LogP contribution in [-0.2, 0) is 27.3 Å². The molecule has 1 fully saturated rings. The molecule has 6 atom stereocenters. The molecule has 31 heavy (non-hydrogen) atoms. The third kappa shape index (κ3) is 5.62. The Bertz CT molecular complexity index is 1090. The Kier molecular flexibility index (Phi) is 7.63. The van der Waals surface area contributed by atoms with E-state index >= 15 is 0 Å². The van der Waals surface area contributed by atoms with Gasteiger partial charge in [0.15, 0.2) is 11.0 Å². The summed E-state index contributed by atoms with van der Waals surface area (Å²) in [6.45, 7) is -1.18. The largest absolute Gasteiger partial charge is 0.479 e. The molecule has 1 saturated heterocycles. The number of phosphoric acid groups is 1. The molecule has 0 spiro atoms. The van der Waals surface area contributed by atoms with Crippen LogP contribution in [0.5, 0.6) is 0 Å². The molecule has 2 rings (SSSR count). The molecule has 1 aromatic rings. The van der Waals surface area contributed by atoms with E-state index in [4.69, 9.17) is 31.6 Å². The summed E-state index contributed by atoms with van der Waals surface area (Å²) in [4.78, 5) is 48.7. The van der Waals surface area contributed by atoms with Crippen LogP contribution in [0.15, 0.2) is 17.1 Å². The highest BCUT2D eigenvalue weighted by Crippen LogP contribution is 2.77. The first-order valence-corrected chi connectivity index (χ1v) is 12.8. The van der Waals surface area contributed by atoms with Gasteiger partial charge in [-0.3, -0.25) is 28.0 Å². The van der Waals surface area contributed by atoms with Crippen LogP contribution in [0.4, 0.5) is 8.78 Å². The van der Waals surface area contributed by atoms with Crippen LogP contribution in [0.1, 0.15) is 6.23 Å². The van der Waals surface area contributed by atoms with E-state index in [1.807, 2.05) is 0 Å². The molecule has 0 aliphatic carbocycles. The number of rotatable bonds is 8. The van der Waals surface area contributed by atoms with E-state index in [1.165, 1.54) is 0 Å². The van der Waals surface area contributed by atoms with Crippen LogP contribution in [0.2, 0.25) is 0 Å². The van der Waals surface area contributed by atoms with Gasteiger partial charge in [0.2, 0.25) is 0 Å². The first kappa shape index (κ1) is 26.5. The zero-order valence-corrected chi connectivity index (χ0v) is 18.2. The summed E-state index contributed by atoms with van der Waals surface area (Å²) < 4.78 is 74.1. The second-order valence-electron chi connectivity index (χ2n) is 5.98. The zero-order valence-electron chi connectivity index (χ0n) is 14.7. The van der Waals surface area contributed by atoms with Crippen molar-refractivity contribution in [3.05, 3.63) is 27.4 Å². The van der Waals surface area contributed by atoms with Gasteiger partial charge >= 0.3 is 28.4 Å². The van der Waals surface area contributed by atoms with Gasteiger partial charge in [0.05, 0.1) is 6.61 Å². The topological polar surface area (TPSA) is 238 Å². The van der Waals surface area contributed by atoms with Crippen LogP contribution < -0.4 is 5.56 Å². The molecule has 0 radical (unpaired) electrons. The van der Waals surface area contributed by atoms with E-state index in [1.54, 1.807) is 0 Å². The Labute approximate surface area is 175 Å². The van der Waals surface area contributed by atoms with Crippen molar-refractivity contribution in [3.8, 4) is 0 Å². The van der Waals surface area contributed by atoms with Gasteiger partial charge in [-0.05, 0) is 12.2 Å². The number of aliphatic hydroxyl groups excluding tert-OH is 2. The number of aliphatic hydroxyl groups is 2. The average Bonchev–Trinajstić information content (AvgIpc) is 2.86. The number of hydrogen-bond donors (Lipinski definition) is 7. The Morgan fingerprint density at radius 3 is 2.29 bits per heavy atom. The number of nitrogens with zero attached hydrogens (tertiary/aromatic N) is 1. The van der Waals surface area contributed by atoms with Gasteiger partial charge in [0.1, 0.15) is 18.3 Å². The summed E-state index contributed by atoms with van der Waals surface area (Å²) in [5.74, 6) is 0. The maximum absolute atomic E-state index is 13.4. The molecule has 1 aromatic heterocycles. The summed E-state index contributed by atoms with van der Waals surface area (Å²) in [6.07, 6.45) is -5.53. The second-order valence-corrected chi connectivity index (χ2v) is 11.8. The molecule has 1 aliphatic heterocycles. The number of H-pyrrole nitrogens is 1. The van der Waals surface area contributed by atoms with Crippen LogP contribution in [-0.4, -0.2) is 69.7 Å². The molecule has 21 heteroatoms. The molecular formula is C10H15F2N2O13P3S. The number of phosphoric ester groups is 1. The predicted molar refractivity (Wildman–Crippen MR) is 95.5 cm³/mol. The molecule has 0 bridgehead atoms. The van der Waals surface area contributed by atoms with Crippen LogP contribution >= 0.6 is 35.2 Å². The number of hydrogen-bond acceptors (Lipinski definition) is 10. The highest BCUT2D eigenvalue weighted by molar-refractivity contribution is 7.75. The summed E-state index contributed by atoms with van der Waals surface area (Å²) in [6, 6.07) is 0.998. The Hall–Kier alpha value is -0.710. The van der Waals surface area contributed by atoms with E-state index in [0.717, 1.165) is 16.8 Å². The minimum absolute atomic E-state index is 0.234. The highest BCUT2D eigenvalue weighted by Gasteiger charge is 2.67. The molecule has 0 aromatic carbocycles. The lowest BCUT2D eigenvalue weighted by molar-refractivity contribution is -0.0533. The Morgan fingerprint density at radius 1 is 1.19 bits per heavy atom. The Morgan fingerprint density at radius 2 is 1.77 bits per heavy atom. The lowest BCUT2D eigenvalue weighted by Crippen LogP contribution is -2.34. The van der Waals surface area contributed by atoms with Crippen LogP contribution in [0.25, 0.3) is 0 Å². The Balaban J connectivity index is 2.12. The van der Waals surface area contributed by atoms with Crippen molar-refractivity contribution in [2.24, 2.45) is 0 Å². The van der Waals surface area contributed by atoms with E-state index in [-0.39, 0.29) is 4.77 Å². The molecule has 0 amide bonds. The van der Waals surface area contributed by atoms with Gasteiger partial charge in [-0.25, -0.2) is 8.88 Å². The van der Waals surface area contributed by atoms with Gasteiger partial charge in [-0.1, -0.05) is 0 Å². The highest BCUT2D eigenvalue weighted by atomic mass is 32.1. The quantitative estimate of drug-likeness (QED) is 0.166. The van der Waals surface area contributed by atoms with Crippen molar-refractivity contribution in [3.63, 3.8) is 0 Å². The van der Waals surface area contributed by atoms with E-state index in [9.17, 15) is 42.4 Å². The molecule has 2 heterocycles. The predicted octanol–water partition coefficient (Wildman–Crippen LogP) is -0.428. The molecule has 178 valence electrons. The third-order valence-corrected chi connectivity index (χ3v) is 9.19. The third-order valence-electron chi connectivity index (χ3n) is 3.77. The zero-order chi connectivity index (χ0) is 24.0. The number of aromatic amines is 1. The normalized spacial score (nSPS) is 28.8. The van der Waals surface area contributed by atoms with Crippen molar-refractivity contribution in [1.29, 1.82) is 0 Å². The van der Waals surface area contributed by atoms with Gasteiger partial charge in [0.25, 0.3) is 5.56 Å². The number of nitrogens with one attached hydrogen (secondary N) is 1. The van der Waals surface area contributed by atoms with Gasteiger partial charge < -0.3 is 34.5 Å². The fraction of sp³-hybridized carbons (Fsp3) is 0.600. The monoisotopic (exact) mass is 534 g/mol. The van der Waals surface area contributed by atoms with Gasteiger partial charge in [-0.15, -0.1) is 0 Å². The summed E-state index contributed by atoms with van der Waals surface area (Å²) in [5.41, 5.74) is -0.590. The van der Waals surface area contributed by atoms with Crippen molar-refractivity contribution in [2.75, 3.05) is 6.61 Å². The van der Waals surface area contributed by atoms with Gasteiger partial charge in [-0.2, -0.15) is 8.78 Å². The standard InChI is InChI=1S/C10H15F2N2O13P3S/c11-10(12,28(18,19)20)29(21,22)27-30(23,24)25-3-4-6(16)7(17)8(26-4)14-2-1-5(15)13-9(14)31/h1-2,4,6-8,16-17H,3H2,(H,21,22)(H,23,24)(H,13,15,31)(H2,18,19,20)/t4-,6-,7-,8-/m1/s1. The SMILES string of the molecule is O=c1ccn([C@@H]2O[C@H](COP(=O)(O)OP(=O)(O)C(F)(F)P(=O)(O)O)[C@@H](O)[C@H]2O)c(=S)[nH]1. The van der Waals surface area contributed by atoms with E-state index < -0.39 is 65.1 Å². The molecule has 15 nitrogen and oxygen atoms in total. The molecule has 0 saturated carbocycles. The first-order valence-electron chi connectivity index (χ1n) is 7.68. The molecule has 2 unspecified atom stereocenters. The van der Waals surface area contributed by atoms with E-state index in [0.29, 0.717) is 0 Å². The van der Waals surface area contributed by atoms with Crippen molar-refractivity contribution in [2.45, 2.75) is 29.9 Å². The molecule has 7 N–H and O–H groups in total. The fourth-order valence-electron chi connectivity index (χ4n) is 2.27. The molecular weight excluding hydrogens is 519 g/mol. The van der Waals surface area contributed by atoms with E-state index in [2.05, 4.69) is 13.8 Å². The maximum atomic E-state index is 13.4. The van der Waals surface area contributed by atoms with Gasteiger partial charge in [0, 0.05) is 12.3 Å². The minimum atomic E-state index is -6.74. The minimum Gasteiger partial charge on any atom is -0.387 e. The van der Waals surface area contributed by atoms with Crippen molar-refractivity contribution in [1.82, 2.24) is 9.55 Å². The molecule has 1 aliphatic rings. The van der Waals surface area contributed by atoms with Crippen LogP contribution in [0.3, 0.4) is 0 Å². The van der Waals surface area contributed by atoms with Crippen molar-refractivity contribution >= 4 is 35.2 Å². The maximum Gasteiger partial charge on any atom is 0.479 e. The van der Waals surface area contributed by atoms with Crippen LogP contribution in [0, 0.1) is 4.77 Å². The summed E-state index contributed by atoms with van der Waals surface area (Å²) in [5, 5.41) is 14.3. The number of aromatic nitrogens is 2. The summed E-state index contributed by atoms with van der Waals surface area (Å²) in [7, 11) is -19.2. The smallest absolute Gasteiger partial charge is 0.387 e. The fourth-order valence-corrected chi connectivity index (χ4v) is 6.22. The number of ether oxygens (including phenoxy) is 1. The first-order chi connectivity index (χ1) is 13.9. The number of alkyl halides is 2.